The molecule has 0 fully saturated rings. The molecule has 0 unspecified atom stereocenters. The van der Waals surface area contributed by atoms with Gasteiger partial charge in [-0.2, -0.15) is 0 Å². The first-order chi connectivity index (χ1) is 9.54. The van der Waals surface area contributed by atoms with Crippen LogP contribution < -0.4 is 10.6 Å². The summed E-state index contributed by atoms with van der Waals surface area (Å²) >= 11 is 0. The summed E-state index contributed by atoms with van der Waals surface area (Å²) in [5.74, 6) is -3.60. The van der Waals surface area contributed by atoms with Crippen molar-refractivity contribution in [1.82, 2.24) is 5.32 Å². The summed E-state index contributed by atoms with van der Waals surface area (Å²) in [6.07, 6.45) is 0.567. The van der Waals surface area contributed by atoms with E-state index in [-0.39, 0.29) is 12.2 Å². The van der Waals surface area contributed by atoms with Crippen molar-refractivity contribution in [3.05, 3.63) is 29.8 Å². The second-order valence-electron chi connectivity index (χ2n) is 3.88. The number of hydrogen-bond acceptors (Lipinski definition) is 3. The molecule has 7 heteroatoms. The van der Waals surface area contributed by atoms with Gasteiger partial charge in [-0.15, -0.1) is 0 Å². The van der Waals surface area contributed by atoms with Crippen molar-refractivity contribution in [2.75, 3.05) is 25.1 Å². The van der Waals surface area contributed by atoms with Gasteiger partial charge in [-0.25, -0.2) is 8.78 Å². The van der Waals surface area contributed by atoms with Gasteiger partial charge in [0, 0.05) is 25.8 Å². The third-order valence-electron chi connectivity index (χ3n) is 2.34. The van der Waals surface area contributed by atoms with Gasteiger partial charge in [0.1, 0.15) is 11.6 Å². The Bertz CT molecular complexity index is 481. The molecule has 0 aromatic heterocycles. The largest absolute Gasteiger partial charge is 0.382 e. The molecule has 0 saturated heterocycles. The number of ether oxygens (including phenoxy) is 1. The van der Waals surface area contributed by atoms with Gasteiger partial charge in [0.25, 0.3) is 0 Å². The fourth-order valence-electron chi connectivity index (χ4n) is 1.37. The van der Waals surface area contributed by atoms with Crippen LogP contribution in [0.4, 0.5) is 14.5 Å². The van der Waals surface area contributed by atoms with E-state index in [4.69, 9.17) is 4.74 Å². The summed E-state index contributed by atoms with van der Waals surface area (Å²) < 4.78 is 31.0. The fraction of sp³-hybridized carbons (Fsp3) is 0.385. The molecule has 0 aliphatic heterocycles. The Labute approximate surface area is 115 Å². The number of rotatable bonds is 6. The van der Waals surface area contributed by atoms with Crippen molar-refractivity contribution in [3.63, 3.8) is 0 Å². The minimum absolute atomic E-state index is 0.249. The molecule has 2 amide bonds. The highest BCUT2D eigenvalue weighted by molar-refractivity contribution is 6.39. The van der Waals surface area contributed by atoms with E-state index >= 15 is 0 Å². The minimum Gasteiger partial charge on any atom is -0.382 e. The lowest BCUT2D eigenvalue weighted by Crippen LogP contribution is -2.36. The molecule has 5 nitrogen and oxygen atoms in total. The van der Waals surface area contributed by atoms with E-state index in [1.807, 2.05) is 6.92 Å². The van der Waals surface area contributed by atoms with Crippen LogP contribution in [0, 0.1) is 11.6 Å². The van der Waals surface area contributed by atoms with Crippen LogP contribution in [-0.2, 0) is 14.3 Å². The zero-order valence-corrected chi connectivity index (χ0v) is 11.0. The molecule has 2 N–H and O–H groups in total. The number of carbonyl (C=O) groups is 2. The van der Waals surface area contributed by atoms with Crippen LogP contribution in [0.3, 0.4) is 0 Å². The van der Waals surface area contributed by atoms with Gasteiger partial charge >= 0.3 is 11.8 Å². The first-order valence-electron chi connectivity index (χ1n) is 6.16. The maximum absolute atomic E-state index is 13.3. The van der Waals surface area contributed by atoms with E-state index in [1.54, 1.807) is 0 Å². The summed E-state index contributed by atoms with van der Waals surface area (Å²) in [4.78, 5) is 22.9. The lowest BCUT2D eigenvalue weighted by molar-refractivity contribution is -0.136. The van der Waals surface area contributed by atoms with Gasteiger partial charge in [-0.1, -0.05) is 0 Å². The number of nitrogens with one attached hydrogen (secondary N) is 2. The third-order valence-corrected chi connectivity index (χ3v) is 2.34. The third kappa shape index (κ3) is 5.31. The monoisotopic (exact) mass is 286 g/mol. The van der Waals surface area contributed by atoms with Crippen molar-refractivity contribution in [2.45, 2.75) is 13.3 Å². The molecule has 0 radical (unpaired) electrons. The summed E-state index contributed by atoms with van der Waals surface area (Å²) in [6, 6.07) is 2.65. The van der Waals surface area contributed by atoms with E-state index in [0.717, 1.165) is 12.1 Å². The Morgan fingerprint density at radius 1 is 1.25 bits per heavy atom. The first-order valence-corrected chi connectivity index (χ1v) is 6.16. The highest BCUT2D eigenvalue weighted by Gasteiger charge is 2.15. The summed E-state index contributed by atoms with van der Waals surface area (Å²) in [5, 5.41) is 4.43. The van der Waals surface area contributed by atoms with Gasteiger partial charge < -0.3 is 15.4 Å². The minimum atomic E-state index is -1.01. The Morgan fingerprint density at radius 2 is 2.00 bits per heavy atom. The lowest BCUT2D eigenvalue weighted by atomic mass is 10.3. The van der Waals surface area contributed by atoms with Gasteiger partial charge in [-0.05, 0) is 25.5 Å². The van der Waals surface area contributed by atoms with Crippen molar-refractivity contribution in [1.29, 1.82) is 0 Å². The molecule has 0 atom stereocenters. The maximum atomic E-state index is 13.3. The Balaban J connectivity index is 2.39. The van der Waals surface area contributed by atoms with Crippen LogP contribution in [0.15, 0.2) is 18.2 Å². The quantitative estimate of drug-likeness (QED) is 0.614. The maximum Gasteiger partial charge on any atom is 0.313 e. The Kier molecular flexibility index (Phi) is 6.58. The van der Waals surface area contributed by atoms with Crippen LogP contribution in [-0.4, -0.2) is 31.6 Å². The molecule has 0 heterocycles. The second kappa shape index (κ2) is 8.21. The summed E-state index contributed by atoms with van der Waals surface area (Å²) in [6.45, 7) is 3.19. The van der Waals surface area contributed by atoms with E-state index in [1.165, 1.54) is 0 Å². The molecule has 0 aliphatic rings. The van der Waals surface area contributed by atoms with E-state index in [2.05, 4.69) is 10.6 Å². The molecule has 0 saturated carbocycles. The van der Waals surface area contributed by atoms with Gasteiger partial charge in [0.15, 0.2) is 0 Å². The molecule has 1 rings (SSSR count). The van der Waals surface area contributed by atoms with E-state index < -0.39 is 23.4 Å². The molecule has 20 heavy (non-hydrogen) atoms. The molecular weight excluding hydrogens is 270 g/mol. The van der Waals surface area contributed by atoms with Crippen molar-refractivity contribution in [2.24, 2.45) is 0 Å². The number of hydrogen-bond donors (Lipinski definition) is 2. The molecule has 0 spiro atoms. The molecule has 0 bridgehead atoms. The van der Waals surface area contributed by atoms with Crippen molar-refractivity contribution in [3.8, 4) is 0 Å². The number of carbonyl (C=O) groups excluding carboxylic acids is 2. The zero-order chi connectivity index (χ0) is 15.0. The molecule has 1 aromatic carbocycles. The molecule has 110 valence electrons. The number of benzene rings is 1. The summed E-state index contributed by atoms with van der Waals surface area (Å²) in [7, 11) is 0. The number of anilines is 1. The first kappa shape index (κ1) is 16.0. The predicted octanol–water partition coefficient (Wildman–Crippen LogP) is 1.45. The lowest BCUT2D eigenvalue weighted by Gasteiger charge is -2.07. The van der Waals surface area contributed by atoms with E-state index in [9.17, 15) is 18.4 Å². The number of halogens is 2. The van der Waals surface area contributed by atoms with Crippen LogP contribution in [0.5, 0.6) is 0 Å². The van der Waals surface area contributed by atoms with Crippen LogP contribution in [0.2, 0.25) is 0 Å². The topological polar surface area (TPSA) is 67.4 Å². The average molecular weight is 286 g/mol. The number of amides is 2. The average Bonchev–Trinajstić information content (AvgIpc) is 2.41. The van der Waals surface area contributed by atoms with Gasteiger partial charge in [0.2, 0.25) is 0 Å². The fourth-order valence-corrected chi connectivity index (χ4v) is 1.37. The second-order valence-corrected chi connectivity index (χ2v) is 3.88. The Hall–Kier alpha value is -2.02. The van der Waals surface area contributed by atoms with Crippen LogP contribution in [0.25, 0.3) is 0 Å². The molecule has 0 aliphatic carbocycles. The van der Waals surface area contributed by atoms with Crippen LogP contribution in [0.1, 0.15) is 13.3 Å². The zero-order valence-electron chi connectivity index (χ0n) is 11.0. The smallest absolute Gasteiger partial charge is 0.313 e. The standard InChI is InChI=1S/C13H16F2N2O3/c1-2-20-7-3-6-16-12(18)13(19)17-11-5-4-9(14)8-10(11)15/h4-5,8H,2-3,6-7H2,1H3,(H,16,18)(H,17,19). The van der Waals surface area contributed by atoms with Gasteiger partial charge in [0.05, 0.1) is 5.69 Å². The van der Waals surface area contributed by atoms with Crippen LogP contribution >= 0.6 is 0 Å². The van der Waals surface area contributed by atoms with E-state index in [0.29, 0.717) is 25.7 Å². The summed E-state index contributed by atoms with van der Waals surface area (Å²) in [5.41, 5.74) is -0.249. The SMILES string of the molecule is CCOCCCNC(=O)C(=O)Nc1ccc(F)cc1F. The highest BCUT2D eigenvalue weighted by atomic mass is 19.1. The predicted molar refractivity (Wildman–Crippen MR) is 69.1 cm³/mol. The molecular formula is C13H16F2N2O3. The normalized spacial score (nSPS) is 10.2. The van der Waals surface area contributed by atoms with Gasteiger partial charge in [-0.3, -0.25) is 9.59 Å². The Morgan fingerprint density at radius 3 is 2.65 bits per heavy atom. The molecule has 1 aromatic rings. The van der Waals surface area contributed by atoms with Crippen molar-refractivity contribution >= 4 is 17.5 Å². The van der Waals surface area contributed by atoms with Crippen molar-refractivity contribution < 1.29 is 23.1 Å². The highest BCUT2D eigenvalue weighted by Crippen LogP contribution is 2.14.